The number of benzene rings is 1. The van der Waals surface area contributed by atoms with Gasteiger partial charge in [-0.05, 0) is 43.4 Å². The first-order valence-electron chi connectivity index (χ1n) is 6.86. The third-order valence-electron chi connectivity index (χ3n) is 2.89. The van der Waals surface area contributed by atoms with Crippen LogP contribution in [0.15, 0.2) is 24.3 Å². The normalized spacial score (nSPS) is 12.8. The predicted molar refractivity (Wildman–Crippen MR) is 78.1 cm³/mol. The van der Waals surface area contributed by atoms with E-state index in [-0.39, 0.29) is 16.7 Å². The standard InChI is InChI=1S/C16H25F2NO/c1-15(2,3)11-16(4,5)19-10-12-6-8-13(9-7-12)20-14(17)18/h6-9,14,19H,10-11H2,1-5H3. The van der Waals surface area contributed by atoms with Gasteiger partial charge in [0.25, 0.3) is 0 Å². The molecule has 0 bridgehead atoms. The molecule has 4 heteroatoms. The highest BCUT2D eigenvalue weighted by molar-refractivity contribution is 5.27. The van der Waals surface area contributed by atoms with Crippen molar-refractivity contribution in [3.05, 3.63) is 29.8 Å². The Bertz CT molecular complexity index is 407. The molecule has 0 aliphatic carbocycles. The summed E-state index contributed by atoms with van der Waals surface area (Å²) in [6.45, 7) is 8.92. The van der Waals surface area contributed by atoms with Gasteiger partial charge in [-0.3, -0.25) is 0 Å². The Balaban J connectivity index is 2.53. The summed E-state index contributed by atoms with van der Waals surface area (Å²) in [5.74, 6) is 0.192. The maximum Gasteiger partial charge on any atom is 0.387 e. The van der Waals surface area contributed by atoms with E-state index in [2.05, 4.69) is 44.7 Å². The molecule has 0 atom stereocenters. The first kappa shape index (κ1) is 16.9. The molecule has 0 radical (unpaired) electrons. The van der Waals surface area contributed by atoms with Crippen LogP contribution in [0.4, 0.5) is 8.78 Å². The largest absolute Gasteiger partial charge is 0.435 e. The Morgan fingerprint density at radius 2 is 1.60 bits per heavy atom. The van der Waals surface area contributed by atoms with Crippen LogP contribution in [-0.4, -0.2) is 12.2 Å². The fraction of sp³-hybridized carbons (Fsp3) is 0.625. The first-order chi connectivity index (χ1) is 9.07. The van der Waals surface area contributed by atoms with Crippen LogP contribution in [0.2, 0.25) is 0 Å². The minimum absolute atomic E-state index is 0.0242. The van der Waals surface area contributed by atoms with Crippen LogP contribution >= 0.6 is 0 Å². The van der Waals surface area contributed by atoms with Crippen molar-refractivity contribution in [1.29, 1.82) is 0 Å². The zero-order chi connectivity index (χ0) is 15.4. The molecule has 0 saturated carbocycles. The van der Waals surface area contributed by atoms with Crippen molar-refractivity contribution in [1.82, 2.24) is 5.32 Å². The highest BCUT2D eigenvalue weighted by Gasteiger charge is 2.24. The van der Waals surface area contributed by atoms with E-state index in [0.29, 0.717) is 6.54 Å². The predicted octanol–water partition coefficient (Wildman–Crippen LogP) is 4.59. The second-order valence-corrected chi connectivity index (χ2v) is 7.00. The highest BCUT2D eigenvalue weighted by atomic mass is 19.3. The number of nitrogens with one attached hydrogen (secondary N) is 1. The topological polar surface area (TPSA) is 21.3 Å². The summed E-state index contributed by atoms with van der Waals surface area (Å²) >= 11 is 0. The number of hydrogen-bond donors (Lipinski definition) is 1. The lowest BCUT2D eigenvalue weighted by Crippen LogP contribution is -2.41. The lowest BCUT2D eigenvalue weighted by molar-refractivity contribution is -0.0498. The Labute approximate surface area is 120 Å². The van der Waals surface area contributed by atoms with Crippen molar-refractivity contribution in [2.45, 2.75) is 59.7 Å². The molecule has 0 aromatic heterocycles. The van der Waals surface area contributed by atoms with Crippen LogP contribution in [0.1, 0.15) is 46.6 Å². The van der Waals surface area contributed by atoms with E-state index in [1.807, 2.05) is 0 Å². The summed E-state index contributed by atoms with van der Waals surface area (Å²) in [5, 5.41) is 3.50. The summed E-state index contributed by atoms with van der Waals surface area (Å²) in [4.78, 5) is 0. The second kappa shape index (κ2) is 6.53. The number of rotatable bonds is 6. The fourth-order valence-corrected chi connectivity index (χ4v) is 2.52. The van der Waals surface area contributed by atoms with Crippen molar-refractivity contribution < 1.29 is 13.5 Å². The molecule has 0 aliphatic heterocycles. The molecule has 114 valence electrons. The van der Waals surface area contributed by atoms with Crippen LogP contribution < -0.4 is 10.1 Å². The molecule has 0 fully saturated rings. The van der Waals surface area contributed by atoms with E-state index < -0.39 is 6.61 Å². The van der Waals surface area contributed by atoms with Gasteiger partial charge in [0, 0.05) is 12.1 Å². The van der Waals surface area contributed by atoms with Crippen LogP contribution in [0.25, 0.3) is 0 Å². The van der Waals surface area contributed by atoms with Crippen molar-refractivity contribution >= 4 is 0 Å². The number of hydrogen-bond acceptors (Lipinski definition) is 2. The molecule has 0 saturated heterocycles. The first-order valence-corrected chi connectivity index (χ1v) is 6.86. The minimum atomic E-state index is -2.77. The Morgan fingerprint density at radius 3 is 2.05 bits per heavy atom. The average Bonchev–Trinajstić information content (AvgIpc) is 2.24. The van der Waals surface area contributed by atoms with Crippen molar-refractivity contribution in [3.8, 4) is 5.75 Å². The third kappa shape index (κ3) is 6.85. The molecule has 0 amide bonds. The summed E-state index contributed by atoms with van der Waals surface area (Å²) in [6, 6.07) is 6.75. The molecule has 1 N–H and O–H groups in total. The molecule has 1 rings (SSSR count). The molecule has 0 unspecified atom stereocenters. The van der Waals surface area contributed by atoms with Gasteiger partial charge in [0.15, 0.2) is 0 Å². The van der Waals surface area contributed by atoms with Gasteiger partial charge in [0.2, 0.25) is 0 Å². The van der Waals surface area contributed by atoms with E-state index in [4.69, 9.17) is 0 Å². The Hall–Kier alpha value is -1.16. The van der Waals surface area contributed by atoms with E-state index in [0.717, 1.165) is 12.0 Å². The van der Waals surface area contributed by atoms with Gasteiger partial charge in [-0.1, -0.05) is 32.9 Å². The highest BCUT2D eigenvalue weighted by Crippen LogP contribution is 2.27. The smallest absolute Gasteiger partial charge is 0.387 e. The van der Waals surface area contributed by atoms with Gasteiger partial charge in [0.05, 0.1) is 0 Å². The summed E-state index contributed by atoms with van der Waals surface area (Å²) < 4.78 is 28.4. The van der Waals surface area contributed by atoms with Gasteiger partial charge >= 0.3 is 6.61 Å². The lowest BCUT2D eigenvalue weighted by Gasteiger charge is -2.33. The van der Waals surface area contributed by atoms with Crippen LogP contribution in [0.3, 0.4) is 0 Å². The fourth-order valence-electron chi connectivity index (χ4n) is 2.52. The molecule has 0 heterocycles. The summed E-state index contributed by atoms with van der Waals surface area (Å²) in [6.07, 6.45) is 1.05. The van der Waals surface area contributed by atoms with E-state index in [1.165, 1.54) is 0 Å². The SMILES string of the molecule is CC(C)(C)CC(C)(C)NCc1ccc(OC(F)F)cc1. The molecule has 0 aliphatic rings. The maximum absolute atomic E-state index is 12.0. The van der Waals surface area contributed by atoms with Crippen LogP contribution in [0.5, 0.6) is 5.75 Å². The molecule has 1 aromatic carbocycles. The van der Waals surface area contributed by atoms with E-state index in [1.54, 1.807) is 24.3 Å². The monoisotopic (exact) mass is 285 g/mol. The lowest BCUT2D eigenvalue weighted by atomic mass is 9.82. The molecule has 20 heavy (non-hydrogen) atoms. The Kier molecular flexibility index (Phi) is 5.51. The molecule has 2 nitrogen and oxygen atoms in total. The minimum Gasteiger partial charge on any atom is -0.435 e. The summed E-state index contributed by atoms with van der Waals surface area (Å²) in [7, 11) is 0. The van der Waals surface area contributed by atoms with Crippen molar-refractivity contribution in [2.75, 3.05) is 0 Å². The second-order valence-electron chi connectivity index (χ2n) is 7.00. The van der Waals surface area contributed by atoms with Gasteiger partial charge < -0.3 is 10.1 Å². The molecular formula is C16H25F2NO. The van der Waals surface area contributed by atoms with Crippen LogP contribution in [-0.2, 0) is 6.54 Å². The Morgan fingerprint density at radius 1 is 1.05 bits per heavy atom. The van der Waals surface area contributed by atoms with Gasteiger partial charge in [-0.15, -0.1) is 0 Å². The quantitative estimate of drug-likeness (QED) is 0.825. The van der Waals surface area contributed by atoms with Gasteiger partial charge in [0.1, 0.15) is 5.75 Å². The summed E-state index contributed by atoms with van der Waals surface area (Å²) in [5.41, 5.74) is 1.33. The van der Waals surface area contributed by atoms with Gasteiger partial charge in [-0.2, -0.15) is 8.78 Å². The zero-order valence-corrected chi connectivity index (χ0v) is 13.0. The maximum atomic E-state index is 12.0. The third-order valence-corrected chi connectivity index (χ3v) is 2.89. The van der Waals surface area contributed by atoms with Crippen molar-refractivity contribution in [2.24, 2.45) is 5.41 Å². The number of halogens is 2. The van der Waals surface area contributed by atoms with Crippen molar-refractivity contribution in [3.63, 3.8) is 0 Å². The number of alkyl halides is 2. The molecular weight excluding hydrogens is 260 g/mol. The van der Waals surface area contributed by atoms with E-state index in [9.17, 15) is 8.78 Å². The molecule has 1 aromatic rings. The average molecular weight is 285 g/mol. The number of ether oxygens (including phenoxy) is 1. The van der Waals surface area contributed by atoms with Gasteiger partial charge in [-0.25, -0.2) is 0 Å². The van der Waals surface area contributed by atoms with Crippen LogP contribution in [0, 0.1) is 5.41 Å². The van der Waals surface area contributed by atoms with E-state index >= 15 is 0 Å². The molecule has 0 spiro atoms. The zero-order valence-electron chi connectivity index (χ0n) is 13.0.